The molecule has 1 saturated carbocycles. The first kappa shape index (κ1) is 12.4. The van der Waals surface area contributed by atoms with E-state index in [-0.39, 0.29) is 11.5 Å². The molecule has 1 heterocycles. The first-order valence-corrected chi connectivity index (χ1v) is 7.20. The summed E-state index contributed by atoms with van der Waals surface area (Å²) in [4.78, 5) is 4.38. The zero-order valence-electron chi connectivity index (χ0n) is 9.61. The summed E-state index contributed by atoms with van der Waals surface area (Å²) in [5, 5.41) is 1.57. The summed E-state index contributed by atoms with van der Waals surface area (Å²) in [5.41, 5.74) is 6.55. The number of hydrogen-bond donors (Lipinski definition) is 1. The molecular weight excluding hydrogens is 284 g/mol. The van der Waals surface area contributed by atoms with E-state index in [1.54, 1.807) is 0 Å². The largest absolute Gasteiger partial charge is 0.326 e. The highest BCUT2D eigenvalue weighted by Crippen LogP contribution is 2.43. The lowest BCUT2D eigenvalue weighted by atomic mass is 9.88. The minimum Gasteiger partial charge on any atom is -0.326 e. The SMILES string of the molecule is CC1(C)CCC(Sc2ccc(Br)cn2)C1N. The fraction of sp³-hybridized carbons (Fsp3) is 0.583. The lowest BCUT2D eigenvalue weighted by Crippen LogP contribution is -2.38. The molecule has 16 heavy (non-hydrogen) atoms. The molecule has 0 radical (unpaired) electrons. The summed E-state index contributed by atoms with van der Waals surface area (Å²) in [5.74, 6) is 0. The van der Waals surface area contributed by atoms with Crippen LogP contribution in [0.2, 0.25) is 0 Å². The second kappa shape index (κ2) is 4.67. The van der Waals surface area contributed by atoms with E-state index < -0.39 is 0 Å². The van der Waals surface area contributed by atoms with Crippen molar-refractivity contribution in [3.63, 3.8) is 0 Å². The maximum Gasteiger partial charge on any atom is 0.0963 e. The van der Waals surface area contributed by atoms with E-state index in [4.69, 9.17) is 5.73 Å². The van der Waals surface area contributed by atoms with Crippen LogP contribution in [0.4, 0.5) is 0 Å². The number of hydrogen-bond acceptors (Lipinski definition) is 3. The number of thioether (sulfide) groups is 1. The molecule has 0 saturated heterocycles. The maximum atomic E-state index is 6.28. The Kier molecular flexibility index (Phi) is 3.62. The normalized spacial score (nSPS) is 28.2. The minimum atomic E-state index is 0.267. The third-order valence-corrected chi connectivity index (χ3v) is 5.13. The van der Waals surface area contributed by atoms with Crippen molar-refractivity contribution >= 4 is 27.7 Å². The van der Waals surface area contributed by atoms with Crippen LogP contribution in [0.25, 0.3) is 0 Å². The van der Waals surface area contributed by atoms with Gasteiger partial charge in [0.25, 0.3) is 0 Å². The molecular formula is C12H17BrN2S. The van der Waals surface area contributed by atoms with E-state index in [2.05, 4.69) is 34.8 Å². The standard InChI is InChI=1S/C12H17BrN2S/c1-12(2)6-5-9(11(12)14)16-10-4-3-8(13)7-15-10/h3-4,7,9,11H,5-6,14H2,1-2H3. The van der Waals surface area contributed by atoms with Gasteiger partial charge in [0.15, 0.2) is 0 Å². The Labute approximate surface area is 110 Å². The molecule has 0 aliphatic heterocycles. The number of aromatic nitrogens is 1. The molecule has 2 atom stereocenters. The summed E-state index contributed by atoms with van der Waals surface area (Å²) in [6.07, 6.45) is 4.24. The molecule has 2 rings (SSSR count). The average molecular weight is 301 g/mol. The van der Waals surface area contributed by atoms with Gasteiger partial charge in [-0.1, -0.05) is 13.8 Å². The van der Waals surface area contributed by atoms with Crippen LogP contribution in [0.1, 0.15) is 26.7 Å². The fourth-order valence-corrected chi connectivity index (χ4v) is 3.64. The molecule has 0 amide bonds. The van der Waals surface area contributed by atoms with Gasteiger partial charge in [-0.15, -0.1) is 11.8 Å². The molecule has 4 heteroatoms. The summed E-state index contributed by atoms with van der Waals surface area (Å²) in [7, 11) is 0. The van der Waals surface area contributed by atoms with Gasteiger partial charge in [-0.25, -0.2) is 4.98 Å². The molecule has 1 aliphatic rings. The second-order valence-electron chi connectivity index (χ2n) is 5.02. The Bertz CT molecular complexity index is 364. The predicted octanol–water partition coefficient (Wildman–Crippen LogP) is 3.45. The van der Waals surface area contributed by atoms with Gasteiger partial charge in [-0.05, 0) is 46.3 Å². The van der Waals surface area contributed by atoms with Crippen molar-refractivity contribution in [1.29, 1.82) is 0 Å². The topological polar surface area (TPSA) is 38.9 Å². The van der Waals surface area contributed by atoms with Crippen molar-refractivity contribution in [2.24, 2.45) is 11.1 Å². The summed E-state index contributed by atoms with van der Waals surface area (Å²) < 4.78 is 1.02. The van der Waals surface area contributed by atoms with Gasteiger partial charge in [0.2, 0.25) is 0 Å². The van der Waals surface area contributed by atoms with Gasteiger partial charge in [0, 0.05) is 22.0 Å². The van der Waals surface area contributed by atoms with Crippen LogP contribution in [0.5, 0.6) is 0 Å². The highest BCUT2D eigenvalue weighted by atomic mass is 79.9. The van der Waals surface area contributed by atoms with Gasteiger partial charge in [0.1, 0.15) is 0 Å². The van der Waals surface area contributed by atoms with Crippen LogP contribution < -0.4 is 5.73 Å². The van der Waals surface area contributed by atoms with Gasteiger partial charge in [-0.2, -0.15) is 0 Å². The molecule has 0 aromatic carbocycles. The van der Waals surface area contributed by atoms with Crippen molar-refractivity contribution in [3.8, 4) is 0 Å². The number of nitrogens with two attached hydrogens (primary N) is 1. The number of nitrogens with zero attached hydrogens (tertiary/aromatic N) is 1. The molecule has 88 valence electrons. The van der Waals surface area contributed by atoms with E-state index in [1.807, 2.05) is 30.1 Å². The molecule has 1 aliphatic carbocycles. The average Bonchev–Trinajstić information content (AvgIpc) is 2.49. The van der Waals surface area contributed by atoms with Crippen LogP contribution >= 0.6 is 27.7 Å². The molecule has 0 bridgehead atoms. The lowest BCUT2D eigenvalue weighted by Gasteiger charge is -2.26. The highest BCUT2D eigenvalue weighted by molar-refractivity contribution is 9.10. The van der Waals surface area contributed by atoms with Crippen molar-refractivity contribution in [2.75, 3.05) is 0 Å². The van der Waals surface area contributed by atoms with Crippen LogP contribution in [-0.4, -0.2) is 16.3 Å². The zero-order chi connectivity index (χ0) is 11.8. The van der Waals surface area contributed by atoms with Crippen molar-refractivity contribution in [3.05, 3.63) is 22.8 Å². The third-order valence-electron chi connectivity index (χ3n) is 3.35. The highest BCUT2D eigenvalue weighted by Gasteiger charge is 2.39. The van der Waals surface area contributed by atoms with Crippen LogP contribution in [0, 0.1) is 5.41 Å². The fourth-order valence-electron chi connectivity index (χ4n) is 2.08. The molecule has 2 nitrogen and oxygen atoms in total. The van der Waals surface area contributed by atoms with E-state index in [0.29, 0.717) is 5.25 Å². The van der Waals surface area contributed by atoms with Crippen LogP contribution in [-0.2, 0) is 0 Å². The summed E-state index contributed by atoms with van der Waals surface area (Å²) in [6, 6.07) is 4.34. The Balaban J connectivity index is 2.04. The quantitative estimate of drug-likeness (QED) is 0.909. The number of halogens is 1. The zero-order valence-corrected chi connectivity index (χ0v) is 12.0. The van der Waals surface area contributed by atoms with Gasteiger partial charge < -0.3 is 5.73 Å². The smallest absolute Gasteiger partial charge is 0.0963 e. The summed E-state index contributed by atoms with van der Waals surface area (Å²) >= 11 is 5.20. The Hall–Kier alpha value is -0.0600. The van der Waals surface area contributed by atoms with E-state index in [0.717, 1.165) is 9.50 Å². The van der Waals surface area contributed by atoms with Crippen molar-refractivity contribution in [1.82, 2.24) is 4.98 Å². The molecule has 2 N–H and O–H groups in total. The Morgan fingerprint density at radius 2 is 2.25 bits per heavy atom. The van der Waals surface area contributed by atoms with E-state index in [1.165, 1.54) is 12.8 Å². The van der Waals surface area contributed by atoms with Crippen molar-refractivity contribution < 1.29 is 0 Å². The van der Waals surface area contributed by atoms with Crippen molar-refractivity contribution in [2.45, 2.75) is 43.0 Å². The van der Waals surface area contributed by atoms with Crippen LogP contribution in [0.15, 0.2) is 27.8 Å². The van der Waals surface area contributed by atoms with Gasteiger partial charge in [0.05, 0.1) is 5.03 Å². The van der Waals surface area contributed by atoms with Gasteiger partial charge >= 0.3 is 0 Å². The number of rotatable bonds is 2. The first-order chi connectivity index (χ1) is 7.49. The molecule has 1 fully saturated rings. The third kappa shape index (κ3) is 2.60. The molecule has 1 aromatic heterocycles. The molecule has 0 spiro atoms. The number of pyridine rings is 1. The predicted molar refractivity (Wildman–Crippen MR) is 72.6 cm³/mol. The molecule has 2 unspecified atom stereocenters. The van der Waals surface area contributed by atoms with E-state index >= 15 is 0 Å². The lowest BCUT2D eigenvalue weighted by molar-refractivity contribution is 0.334. The summed E-state index contributed by atoms with van der Waals surface area (Å²) in [6.45, 7) is 4.51. The Morgan fingerprint density at radius 1 is 1.50 bits per heavy atom. The van der Waals surface area contributed by atoms with Crippen LogP contribution in [0.3, 0.4) is 0 Å². The van der Waals surface area contributed by atoms with E-state index in [9.17, 15) is 0 Å². The second-order valence-corrected chi connectivity index (χ2v) is 7.20. The first-order valence-electron chi connectivity index (χ1n) is 5.53. The minimum absolute atomic E-state index is 0.267. The maximum absolute atomic E-state index is 6.28. The molecule has 1 aromatic rings. The monoisotopic (exact) mass is 300 g/mol. The Morgan fingerprint density at radius 3 is 2.75 bits per heavy atom. The van der Waals surface area contributed by atoms with Gasteiger partial charge in [-0.3, -0.25) is 0 Å².